The van der Waals surface area contributed by atoms with Gasteiger partial charge in [-0.15, -0.1) is 0 Å². The van der Waals surface area contributed by atoms with Crippen LogP contribution < -0.4 is 9.64 Å². The molecule has 1 amide bonds. The number of para-hydroxylation sites is 2. The maximum atomic E-state index is 12.5. The van der Waals surface area contributed by atoms with Crippen LogP contribution in [0.3, 0.4) is 0 Å². The largest absolute Gasteiger partial charge is 0.477 e. The van der Waals surface area contributed by atoms with E-state index >= 15 is 0 Å². The SMILES string of the molecule is O=C1Cc2ccccc2N1Cc1nc(OCC2CCOC2)c2ccccc2n1. The van der Waals surface area contributed by atoms with Crippen LogP contribution in [0.1, 0.15) is 17.8 Å². The fourth-order valence-electron chi connectivity index (χ4n) is 3.82. The topological polar surface area (TPSA) is 64.6 Å². The third-order valence-corrected chi connectivity index (χ3v) is 5.32. The van der Waals surface area contributed by atoms with E-state index in [1.807, 2.05) is 48.5 Å². The smallest absolute Gasteiger partial charge is 0.231 e. The summed E-state index contributed by atoms with van der Waals surface area (Å²) in [6.45, 7) is 2.44. The van der Waals surface area contributed by atoms with E-state index in [0.717, 1.165) is 41.8 Å². The van der Waals surface area contributed by atoms with Gasteiger partial charge in [0.25, 0.3) is 0 Å². The minimum atomic E-state index is 0.0727. The molecule has 28 heavy (non-hydrogen) atoms. The van der Waals surface area contributed by atoms with Crippen molar-refractivity contribution in [3.05, 3.63) is 59.9 Å². The Balaban J connectivity index is 1.45. The first-order chi connectivity index (χ1) is 13.8. The molecule has 2 aliphatic rings. The van der Waals surface area contributed by atoms with Crippen molar-refractivity contribution in [2.24, 2.45) is 5.92 Å². The van der Waals surface area contributed by atoms with Crippen molar-refractivity contribution >= 4 is 22.5 Å². The number of carbonyl (C=O) groups excluding carboxylic acids is 1. The molecule has 6 nitrogen and oxygen atoms in total. The van der Waals surface area contributed by atoms with Gasteiger partial charge in [-0.1, -0.05) is 30.3 Å². The molecule has 0 saturated carbocycles. The van der Waals surface area contributed by atoms with Gasteiger partial charge in [-0.2, -0.15) is 4.98 Å². The van der Waals surface area contributed by atoms with Gasteiger partial charge in [0.15, 0.2) is 5.82 Å². The molecule has 1 fully saturated rings. The highest BCUT2D eigenvalue weighted by Crippen LogP contribution is 2.30. The molecule has 0 aliphatic carbocycles. The Bertz CT molecular complexity index is 1030. The van der Waals surface area contributed by atoms with E-state index in [0.29, 0.717) is 37.2 Å². The van der Waals surface area contributed by atoms with Crippen LogP contribution in [0.15, 0.2) is 48.5 Å². The van der Waals surface area contributed by atoms with Crippen molar-refractivity contribution in [2.75, 3.05) is 24.7 Å². The number of aromatic nitrogens is 2. The first-order valence-electron chi connectivity index (χ1n) is 9.62. The number of rotatable bonds is 5. The molecule has 1 atom stereocenters. The number of benzene rings is 2. The summed E-state index contributed by atoms with van der Waals surface area (Å²) in [6, 6.07) is 15.7. The Labute approximate surface area is 163 Å². The monoisotopic (exact) mass is 375 g/mol. The number of anilines is 1. The van der Waals surface area contributed by atoms with E-state index in [1.54, 1.807) is 4.90 Å². The van der Waals surface area contributed by atoms with Gasteiger partial charge in [-0.25, -0.2) is 4.98 Å². The van der Waals surface area contributed by atoms with Crippen molar-refractivity contribution in [1.82, 2.24) is 9.97 Å². The highest BCUT2D eigenvalue weighted by molar-refractivity contribution is 6.01. The van der Waals surface area contributed by atoms with Crippen molar-refractivity contribution in [1.29, 1.82) is 0 Å². The molecule has 3 aromatic rings. The molecule has 1 aromatic heterocycles. The van der Waals surface area contributed by atoms with Gasteiger partial charge in [0.1, 0.15) is 0 Å². The molecule has 1 unspecified atom stereocenters. The molecule has 0 bridgehead atoms. The summed E-state index contributed by atoms with van der Waals surface area (Å²) in [7, 11) is 0. The van der Waals surface area contributed by atoms with Crippen LogP contribution in [0.2, 0.25) is 0 Å². The lowest BCUT2D eigenvalue weighted by molar-refractivity contribution is -0.117. The van der Waals surface area contributed by atoms with Gasteiger partial charge in [0.2, 0.25) is 11.8 Å². The Morgan fingerprint density at radius 2 is 1.96 bits per heavy atom. The summed E-state index contributed by atoms with van der Waals surface area (Å²) < 4.78 is 11.5. The molecule has 5 rings (SSSR count). The van der Waals surface area contributed by atoms with Gasteiger partial charge >= 0.3 is 0 Å². The zero-order valence-electron chi connectivity index (χ0n) is 15.5. The maximum Gasteiger partial charge on any atom is 0.231 e. The molecule has 2 aliphatic heterocycles. The van der Waals surface area contributed by atoms with Gasteiger partial charge in [-0.05, 0) is 30.2 Å². The highest BCUT2D eigenvalue weighted by atomic mass is 16.5. The van der Waals surface area contributed by atoms with Crippen LogP contribution in [0.5, 0.6) is 5.88 Å². The number of amides is 1. The van der Waals surface area contributed by atoms with E-state index in [9.17, 15) is 4.79 Å². The highest BCUT2D eigenvalue weighted by Gasteiger charge is 2.28. The van der Waals surface area contributed by atoms with Crippen molar-refractivity contribution in [3.63, 3.8) is 0 Å². The molecule has 0 radical (unpaired) electrons. The second-order valence-electron chi connectivity index (χ2n) is 7.29. The second kappa shape index (κ2) is 7.20. The minimum absolute atomic E-state index is 0.0727. The number of fused-ring (bicyclic) bond motifs is 2. The van der Waals surface area contributed by atoms with Crippen LogP contribution in [-0.2, 0) is 22.5 Å². The fraction of sp³-hybridized carbons (Fsp3) is 0.318. The first kappa shape index (κ1) is 17.1. The standard InChI is InChI=1S/C22H21N3O3/c26-21-11-16-5-1-4-8-19(16)25(21)12-20-23-18-7-3-2-6-17(18)22(24-20)28-14-15-9-10-27-13-15/h1-8,15H,9-14H2. The second-order valence-corrected chi connectivity index (χ2v) is 7.29. The number of hydrogen-bond donors (Lipinski definition) is 0. The lowest BCUT2D eigenvalue weighted by atomic mass is 10.1. The fourth-order valence-corrected chi connectivity index (χ4v) is 3.82. The molecule has 0 spiro atoms. The van der Waals surface area contributed by atoms with Crippen LogP contribution in [0.4, 0.5) is 5.69 Å². The van der Waals surface area contributed by atoms with Crippen molar-refractivity contribution in [3.8, 4) is 5.88 Å². The Hall–Kier alpha value is -2.99. The Kier molecular flexibility index (Phi) is 4.41. The predicted octanol–water partition coefficient (Wildman–Crippen LogP) is 3.13. The molecular weight excluding hydrogens is 354 g/mol. The van der Waals surface area contributed by atoms with Gasteiger partial charge in [-0.3, -0.25) is 4.79 Å². The van der Waals surface area contributed by atoms with E-state index in [-0.39, 0.29) is 5.91 Å². The molecule has 6 heteroatoms. The van der Waals surface area contributed by atoms with Crippen LogP contribution in [0.25, 0.3) is 10.9 Å². The summed E-state index contributed by atoms with van der Waals surface area (Å²) >= 11 is 0. The molecule has 1 saturated heterocycles. The lowest BCUT2D eigenvalue weighted by Crippen LogP contribution is -2.27. The molecule has 0 N–H and O–H groups in total. The quantitative estimate of drug-likeness (QED) is 0.686. The number of hydrogen-bond acceptors (Lipinski definition) is 5. The van der Waals surface area contributed by atoms with Crippen LogP contribution in [0, 0.1) is 5.92 Å². The third kappa shape index (κ3) is 3.20. The molecule has 3 heterocycles. The summed E-state index contributed by atoms with van der Waals surface area (Å²) in [5, 5.41) is 0.887. The van der Waals surface area contributed by atoms with Gasteiger partial charge in [0.05, 0.1) is 37.1 Å². The normalized spacial score (nSPS) is 18.6. The molecule has 142 valence electrons. The van der Waals surface area contributed by atoms with Gasteiger partial charge < -0.3 is 14.4 Å². The van der Waals surface area contributed by atoms with E-state index in [1.165, 1.54) is 0 Å². The Morgan fingerprint density at radius 3 is 2.86 bits per heavy atom. The first-order valence-corrected chi connectivity index (χ1v) is 9.62. The summed E-state index contributed by atoms with van der Waals surface area (Å²) in [5.74, 6) is 1.63. The summed E-state index contributed by atoms with van der Waals surface area (Å²) in [5.41, 5.74) is 2.81. The summed E-state index contributed by atoms with van der Waals surface area (Å²) in [4.78, 5) is 23.6. The lowest BCUT2D eigenvalue weighted by Gasteiger charge is -2.18. The minimum Gasteiger partial charge on any atom is -0.477 e. The van der Waals surface area contributed by atoms with E-state index < -0.39 is 0 Å². The average molecular weight is 375 g/mol. The average Bonchev–Trinajstić information content (AvgIpc) is 3.34. The number of ether oxygens (including phenoxy) is 2. The van der Waals surface area contributed by atoms with Crippen LogP contribution in [-0.4, -0.2) is 35.7 Å². The zero-order chi connectivity index (χ0) is 18.9. The van der Waals surface area contributed by atoms with E-state index in [2.05, 4.69) is 9.97 Å². The van der Waals surface area contributed by atoms with E-state index in [4.69, 9.17) is 9.47 Å². The van der Waals surface area contributed by atoms with Crippen molar-refractivity contribution < 1.29 is 14.3 Å². The van der Waals surface area contributed by atoms with Gasteiger partial charge in [0, 0.05) is 18.2 Å². The number of carbonyl (C=O) groups is 1. The predicted molar refractivity (Wildman–Crippen MR) is 105 cm³/mol. The molecule has 2 aromatic carbocycles. The maximum absolute atomic E-state index is 12.5. The Morgan fingerprint density at radius 1 is 1.11 bits per heavy atom. The zero-order valence-corrected chi connectivity index (χ0v) is 15.5. The summed E-state index contributed by atoms with van der Waals surface area (Å²) in [6.07, 6.45) is 1.43. The third-order valence-electron chi connectivity index (χ3n) is 5.32. The van der Waals surface area contributed by atoms with Crippen molar-refractivity contribution in [2.45, 2.75) is 19.4 Å². The van der Waals surface area contributed by atoms with Crippen LogP contribution >= 0.6 is 0 Å². The molecular formula is C22H21N3O3. The number of nitrogens with zero attached hydrogens (tertiary/aromatic N) is 3.